The maximum absolute atomic E-state index is 4.93. The van der Waals surface area contributed by atoms with Crippen LogP contribution in [0.2, 0.25) is 0 Å². The third-order valence-electron chi connectivity index (χ3n) is 6.44. The molecule has 0 N–H and O–H groups in total. The first-order valence-corrected chi connectivity index (χ1v) is 11.5. The third-order valence-corrected chi connectivity index (χ3v) is 6.44. The van der Waals surface area contributed by atoms with Crippen molar-refractivity contribution in [3.8, 4) is 0 Å². The predicted molar refractivity (Wildman–Crippen MR) is 133 cm³/mol. The number of fused-ring (bicyclic) bond motifs is 1. The molecule has 1 fully saturated rings. The number of hydrogen-bond acceptors (Lipinski definition) is 4. The van der Waals surface area contributed by atoms with Gasteiger partial charge in [0.1, 0.15) is 5.82 Å². The molecule has 2 aromatic rings. The molecule has 1 aromatic heterocycles. The van der Waals surface area contributed by atoms with E-state index in [4.69, 9.17) is 9.98 Å². The lowest BCUT2D eigenvalue weighted by atomic mass is 9.93. The second-order valence-electron chi connectivity index (χ2n) is 8.72. The normalized spacial score (nSPS) is 18.6. The Bertz CT molecular complexity index is 1020. The summed E-state index contributed by atoms with van der Waals surface area (Å²) in [4.78, 5) is 14.6. The number of rotatable bonds is 7. The molecule has 0 radical (unpaired) electrons. The van der Waals surface area contributed by atoms with Gasteiger partial charge in [-0.25, -0.2) is 4.98 Å². The largest absolute Gasteiger partial charge is 0.370 e. The lowest BCUT2D eigenvalue weighted by molar-refractivity contribution is 0.357. The molecule has 0 spiro atoms. The highest BCUT2D eigenvalue weighted by Gasteiger charge is 2.29. The Morgan fingerprint density at radius 3 is 2.74 bits per heavy atom. The van der Waals surface area contributed by atoms with Crippen LogP contribution in [0.5, 0.6) is 0 Å². The second-order valence-corrected chi connectivity index (χ2v) is 8.72. The van der Waals surface area contributed by atoms with E-state index in [9.17, 15) is 0 Å². The zero-order valence-corrected chi connectivity index (χ0v) is 19.1. The van der Waals surface area contributed by atoms with Crippen LogP contribution >= 0.6 is 0 Å². The number of pyridine rings is 1. The van der Waals surface area contributed by atoms with E-state index in [0.717, 1.165) is 56.8 Å². The highest BCUT2D eigenvalue weighted by atomic mass is 15.2. The third kappa shape index (κ3) is 5.25. The molecular weight excluding hydrogens is 380 g/mol. The summed E-state index contributed by atoms with van der Waals surface area (Å²) in [6.45, 7) is 10.8. The standard InChI is InChI=1S/C27H34N4/c1-4-21(2)14-15-28-26(22(3)30-16-8-5-9-17-30)18-23-19-31(20-23)27-13-12-24-10-6-7-11-25(24)29-27/h5-8,10-15,23H,4,9,16-20H2,1-3H3/b21-14+,26-22+,28-15+. The molecule has 4 heteroatoms. The van der Waals surface area contributed by atoms with Gasteiger partial charge in [0.25, 0.3) is 0 Å². The summed E-state index contributed by atoms with van der Waals surface area (Å²) in [5.41, 5.74) is 4.98. The van der Waals surface area contributed by atoms with Crippen molar-refractivity contribution in [2.75, 3.05) is 31.1 Å². The fraction of sp³-hybridized carbons (Fsp3) is 0.407. The van der Waals surface area contributed by atoms with Gasteiger partial charge in [-0.1, -0.05) is 42.8 Å². The van der Waals surface area contributed by atoms with Crippen LogP contribution < -0.4 is 4.90 Å². The minimum absolute atomic E-state index is 0.618. The lowest BCUT2D eigenvalue weighted by Gasteiger charge is -2.41. The number of benzene rings is 1. The van der Waals surface area contributed by atoms with Gasteiger partial charge in [-0.05, 0) is 63.3 Å². The Labute approximate surface area is 186 Å². The van der Waals surface area contributed by atoms with Crippen molar-refractivity contribution in [3.63, 3.8) is 0 Å². The topological polar surface area (TPSA) is 31.7 Å². The Balaban J connectivity index is 1.45. The van der Waals surface area contributed by atoms with Gasteiger partial charge in [0, 0.05) is 43.5 Å². The van der Waals surface area contributed by atoms with Crippen LogP contribution in [0.25, 0.3) is 10.9 Å². The number of aromatic nitrogens is 1. The van der Waals surface area contributed by atoms with E-state index < -0.39 is 0 Å². The summed E-state index contributed by atoms with van der Waals surface area (Å²) in [5, 5.41) is 1.20. The van der Waals surface area contributed by atoms with Gasteiger partial charge in [0.2, 0.25) is 0 Å². The molecule has 0 bridgehead atoms. The number of aliphatic imine (C=N–C) groups is 1. The molecular formula is C27H34N4. The quantitative estimate of drug-likeness (QED) is 0.412. The predicted octanol–water partition coefficient (Wildman–Crippen LogP) is 5.98. The van der Waals surface area contributed by atoms with Crippen molar-refractivity contribution >= 4 is 22.9 Å². The Kier molecular flexibility index (Phi) is 6.86. The summed E-state index contributed by atoms with van der Waals surface area (Å²) >= 11 is 0. The van der Waals surface area contributed by atoms with Gasteiger partial charge in [-0.3, -0.25) is 4.99 Å². The average Bonchev–Trinajstić information content (AvgIpc) is 2.79. The van der Waals surface area contributed by atoms with E-state index in [-0.39, 0.29) is 0 Å². The highest BCUT2D eigenvalue weighted by Crippen LogP contribution is 2.30. The van der Waals surface area contributed by atoms with Gasteiger partial charge in [0.05, 0.1) is 11.2 Å². The molecule has 2 aliphatic rings. The molecule has 0 aliphatic carbocycles. The van der Waals surface area contributed by atoms with Crippen LogP contribution in [0.15, 0.2) is 76.6 Å². The molecule has 0 amide bonds. The highest BCUT2D eigenvalue weighted by molar-refractivity contribution is 5.80. The van der Waals surface area contributed by atoms with Crippen molar-refractivity contribution in [3.05, 3.63) is 71.6 Å². The number of allylic oxidation sites excluding steroid dienone is 4. The number of hydrogen-bond donors (Lipinski definition) is 0. The summed E-state index contributed by atoms with van der Waals surface area (Å²) in [6.07, 6.45) is 11.9. The Hall–Kier alpha value is -2.88. The molecule has 1 aromatic carbocycles. The molecule has 3 heterocycles. The molecule has 0 saturated carbocycles. The summed E-state index contributed by atoms with van der Waals surface area (Å²) in [5.74, 6) is 1.70. The van der Waals surface area contributed by atoms with Gasteiger partial charge in [-0.2, -0.15) is 0 Å². The summed E-state index contributed by atoms with van der Waals surface area (Å²) in [6, 6.07) is 12.7. The van der Waals surface area contributed by atoms with Crippen LogP contribution in [0.1, 0.15) is 40.0 Å². The molecule has 4 rings (SSSR count). The van der Waals surface area contributed by atoms with Crippen LogP contribution in [-0.4, -0.2) is 42.3 Å². The van der Waals surface area contributed by atoms with Crippen molar-refractivity contribution in [2.45, 2.75) is 40.0 Å². The zero-order valence-electron chi connectivity index (χ0n) is 19.1. The SMILES string of the molecule is CC/C(C)=C/C=N/C(CC1CN(c2ccc3ccccc3n2)C1)=C(\C)N1CC=CCC1. The van der Waals surface area contributed by atoms with E-state index in [0.29, 0.717) is 5.92 Å². The number of nitrogens with zero attached hydrogens (tertiary/aromatic N) is 4. The van der Waals surface area contributed by atoms with Crippen LogP contribution in [0, 0.1) is 5.92 Å². The molecule has 2 aliphatic heterocycles. The van der Waals surface area contributed by atoms with Gasteiger partial charge in [0.15, 0.2) is 0 Å². The summed E-state index contributed by atoms with van der Waals surface area (Å²) in [7, 11) is 0. The number of anilines is 1. The maximum Gasteiger partial charge on any atom is 0.129 e. The first-order valence-electron chi connectivity index (χ1n) is 11.5. The molecule has 31 heavy (non-hydrogen) atoms. The van der Waals surface area contributed by atoms with Crippen molar-refractivity contribution in [2.24, 2.45) is 10.9 Å². The van der Waals surface area contributed by atoms with Gasteiger partial charge >= 0.3 is 0 Å². The van der Waals surface area contributed by atoms with Crippen LogP contribution in [0.3, 0.4) is 0 Å². The zero-order chi connectivity index (χ0) is 21.6. The van der Waals surface area contributed by atoms with E-state index in [1.807, 2.05) is 6.21 Å². The van der Waals surface area contributed by atoms with E-state index in [2.05, 4.69) is 85.2 Å². The minimum Gasteiger partial charge on any atom is -0.370 e. The lowest BCUT2D eigenvalue weighted by Crippen LogP contribution is -2.47. The van der Waals surface area contributed by atoms with Gasteiger partial charge < -0.3 is 9.80 Å². The van der Waals surface area contributed by atoms with E-state index in [1.54, 1.807) is 0 Å². The molecule has 162 valence electrons. The molecule has 4 nitrogen and oxygen atoms in total. The molecule has 1 saturated heterocycles. The fourth-order valence-electron chi connectivity index (χ4n) is 4.19. The van der Waals surface area contributed by atoms with Crippen LogP contribution in [-0.2, 0) is 0 Å². The Morgan fingerprint density at radius 1 is 1.13 bits per heavy atom. The first kappa shape index (κ1) is 21.4. The van der Waals surface area contributed by atoms with Crippen molar-refractivity contribution in [1.82, 2.24) is 9.88 Å². The summed E-state index contributed by atoms with van der Waals surface area (Å²) < 4.78 is 0. The van der Waals surface area contributed by atoms with Crippen molar-refractivity contribution in [1.29, 1.82) is 0 Å². The monoisotopic (exact) mass is 414 g/mol. The molecule has 0 atom stereocenters. The smallest absolute Gasteiger partial charge is 0.129 e. The van der Waals surface area contributed by atoms with Gasteiger partial charge in [-0.15, -0.1) is 0 Å². The molecule has 0 unspecified atom stereocenters. The number of para-hydroxylation sites is 1. The first-order chi connectivity index (χ1) is 15.1. The van der Waals surface area contributed by atoms with E-state index in [1.165, 1.54) is 22.4 Å². The minimum atomic E-state index is 0.618. The second kappa shape index (κ2) is 9.95. The van der Waals surface area contributed by atoms with Crippen molar-refractivity contribution < 1.29 is 0 Å². The Morgan fingerprint density at radius 2 is 1.97 bits per heavy atom. The maximum atomic E-state index is 4.93. The van der Waals surface area contributed by atoms with Crippen LogP contribution in [0.4, 0.5) is 5.82 Å². The average molecular weight is 415 g/mol. The fourth-order valence-corrected chi connectivity index (χ4v) is 4.19. The van der Waals surface area contributed by atoms with E-state index >= 15 is 0 Å².